The molecule has 0 aliphatic rings. The summed E-state index contributed by atoms with van der Waals surface area (Å²) in [5.74, 6) is 0.137. The van der Waals surface area contributed by atoms with Crippen molar-refractivity contribution in [2.45, 2.75) is 20.1 Å². The summed E-state index contributed by atoms with van der Waals surface area (Å²) in [6.45, 7) is 2.62. The van der Waals surface area contributed by atoms with Crippen LogP contribution in [-0.4, -0.2) is 37.7 Å². The summed E-state index contributed by atoms with van der Waals surface area (Å²) in [5, 5.41) is 2.88. The molecule has 196 valence electrons. The van der Waals surface area contributed by atoms with Gasteiger partial charge in [0, 0.05) is 11.3 Å². The van der Waals surface area contributed by atoms with Crippen LogP contribution >= 0.6 is 0 Å². The van der Waals surface area contributed by atoms with E-state index in [-0.39, 0.29) is 11.7 Å². The molecule has 0 atom stereocenters. The number of nitrogens with one attached hydrogen (secondary N) is 2. The number of anilines is 2. The van der Waals surface area contributed by atoms with E-state index in [1.54, 1.807) is 25.1 Å². The van der Waals surface area contributed by atoms with E-state index in [0.29, 0.717) is 47.2 Å². The Morgan fingerprint density at radius 2 is 1.63 bits per heavy atom. The summed E-state index contributed by atoms with van der Waals surface area (Å²) in [6.07, 6.45) is 2.56. The first kappa shape index (κ1) is 26.8. The molecule has 0 fully saturated rings. The highest BCUT2D eigenvalue weighted by Gasteiger charge is 2.16. The number of hydrogen-bond acceptors (Lipinski definition) is 7. The smallest absolute Gasteiger partial charge is 0.259 e. The SMILES string of the molecule is COc1ccc(-c2cnc(C)c(NS(C)(=O)=O)n2)cc1C(=O)Nc1ccc(COCc2ccccc2)cc1. The zero-order valence-electron chi connectivity index (χ0n) is 21.3. The topological polar surface area (TPSA) is 120 Å². The lowest BCUT2D eigenvalue weighted by molar-refractivity contribution is 0.102. The number of aromatic nitrogens is 2. The van der Waals surface area contributed by atoms with Crippen LogP contribution in [0.2, 0.25) is 0 Å². The Balaban J connectivity index is 1.47. The third kappa shape index (κ3) is 7.15. The van der Waals surface area contributed by atoms with Crippen LogP contribution in [0, 0.1) is 6.92 Å². The second-order valence-electron chi connectivity index (χ2n) is 8.61. The van der Waals surface area contributed by atoms with Crippen LogP contribution < -0.4 is 14.8 Å². The number of methoxy groups -OCH3 is 1. The van der Waals surface area contributed by atoms with Gasteiger partial charge in [0.1, 0.15) is 5.75 Å². The minimum atomic E-state index is -3.53. The van der Waals surface area contributed by atoms with E-state index in [4.69, 9.17) is 9.47 Å². The predicted octanol–water partition coefficient (Wildman–Crippen LogP) is 4.80. The third-order valence-electron chi connectivity index (χ3n) is 5.57. The minimum absolute atomic E-state index is 0.125. The monoisotopic (exact) mass is 532 g/mol. The molecule has 0 spiro atoms. The third-order valence-corrected chi connectivity index (χ3v) is 6.13. The molecule has 0 saturated carbocycles. The van der Waals surface area contributed by atoms with Gasteiger partial charge in [-0.05, 0) is 48.4 Å². The second kappa shape index (κ2) is 11.8. The number of carbonyl (C=O) groups excluding carboxylic acids is 1. The van der Waals surface area contributed by atoms with Crippen molar-refractivity contribution in [3.05, 3.63) is 101 Å². The molecule has 0 unspecified atom stereocenters. The van der Waals surface area contributed by atoms with Gasteiger partial charge in [-0.1, -0.05) is 42.5 Å². The number of carbonyl (C=O) groups is 1. The maximum Gasteiger partial charge on any atom is 0.259 e. The molecular weight excluding hydrogens is 504 g/mol. The van der Waals surface area contributed by atoms with Crippen molar-refractivity contribution >= 4 is 27.4 Å². The Labute approximate surface area is 221 Å². The average molecular weight is 533 g/mol. The van der Waals surface area contributed by atoms with Crippen molar-refractivity contribution in [3.8, 4) is 17.0 Å². The minimum Gasteiger partial charge on any atom is -0.496 e. The summed E-state index contributed by atoms with van der Waals surface area (Å²) in [6, 6.07) is 22.4. The van der Waals surface area contributed by atoms with Gasteiger partial charge in [0.05, 0.1) is 49.7 Å². The van der Waals surface area contributed by atoms with Gasteiger partial charge < -0.3 is 14.8 Å². The Kier molecular flexibility index (Phi) is 8.35. The van der Waals surface area contributed by atoms with E-state index in [9.17, 15) is 13.2 Å². The molecule has 9 nitrogen and oxygen atoms in total. The highest BCUT2D eigenvalue weighted by molar-refractivity contribution is 7.92. The van der Waals surface area contributed by atoms with Crippen molar-refractivity contribution in [1.82, 2.24) is 9.97 Å². The van der Waals surface area contributed by atoms with E-state index >= 15 is 0 Å². The molecule has 0 aliphatic carbocycles. The first-order valence-corrected chi connectivity index (χ1v) is 13.6. The quantitative estimate of drug-likeness (QED) is 0.301. The number of ether oxygens (including phenoxy) is 2. The Morgan fingerprint density at radius 3 is 2.29 bits per heavy atom. The first-order chi connectivity index (χ1) is 18.2. The fourth-order valence-corrected chi connectivity index (χ4v) is 4.19. The molecule has 3 aromatic carbocycles. The molecule has 0 bridgehead atoms. The average Bonchev–Trinajstić information content (AvgIpc) is 2.90. The van der Waals surface area contributed by atoms with E-state index in [0.717, 1.165) is 17.4 Å². The van der Waals surface area contributed by atoms with Crippen LogP contribution in [0.3, 0.4) is 0 Å². The highest BCUT2D eigenvalue weighted by Crippen LogP contribution is 2.28. The fraction of sp³-hybridized carbons (Fsp3) is 0.179. The largest absolute Gasteiger partial charge is 0.496 e. The molecule has 1 amide bonds. The summed E-state index contributed by atoms with van der Waals surface area (Å²) in [7, 11) is -2.05. The van der Waals surface area contributed by atoms with E-state index < -0.39 is 10.0 Å². The molecule has 1 aromatic heterocycles. The Morgan fingerprint density at radius 1 is 0.947 bits per heavy atom. The normalized spacial score (nSPS) is 11.1. The van der Waals surface area contributed by atoms with Gasteiger partial charge in [-0.25, -0.2) is 13.4 Å². The van der Waals surface area contributed by atoms with Crippen LogP contribution in [0.1, 0.15) is 27.2 Å². The molecular formula is C28H28N4O5S. The number of aryl methyl sites for hydroxylation is 1. The van der Waals surface area contributed by atoms with Crippen molar-refractivity contribution < 1.29 is 22.7 Å². The van der Waals surface area contributed by atoms with Crippen molar-refractivity contribution in [1.29, 1.82) is 0 Å². The number of rotatable bonds is 10. The van der Waals surface area contributed by atoms with E-state index in [1.807, 2.05) is 54.6 Å². The summed E-state index contributed by atoms with van der Waals surface area (Å²) >= 11 is 0. The number of nitrogens with zero attached hydrogens (tertiary/aromatic N) is 2. The molecule has 10 heteroatoms. The molecule has 0 aliphatic heterocycles. The molecule has 0 radical (unpaired) electrons. The standard InChI is InChI=1S/C28H28N4O5S/c1-19-27(32-38(3,34)35)31-25(16-29-19)22-11-14-26(36-2)24(15-22)28(33)30-23-12-9-21(10-13-23)18-37-17-20-7-5-4-6-8-20/h4-16H,17-18H2,1-3H3,(H,30,33)(H,31,32). The molecule has 4 aromatic rings. The lowest BCUT2D eigenvalue weighted by atomic mass is 10.1. The lowest BCUT2D eigenvalue weighted by Gasteiger charge is -2.13. The van der Waals surface area contributed by atoms with Gasteiger partial charge in [-0.3, -0.25) is 14.5 Å². The summed E-state index contributed by atoms with van der Waals surface area (Å²) in [4.78, 5) is 21.8. The second-order valence-corrected chi connectivity index (χ2v) is 10.4. The van der Waals surface area contributed by atoms with Crippen molar-refractivity contribution in [2.24, 2.45) is 0 Å². The van der Waals surface area contributed by atoms with E-state index in [2.05, 4.69) is 20.0 Å². The van der Waals surface area contributed by atoms with Gasteiger partial charge in [0.2, 0.25) is 10.0 Å². The molecule has 0 saturated heterocycles. The van der Waals surface area contributed by atoms with Gasteiger partial charge in [0.25, 0.3) is 5.91 Å². The van der Waals surface area contributed by atoms with Crippen LogP contribution in [0.5, 0.6) is 5.75 Å². The maximum atomic E-state index is 13.2. The van der Waals surface area contributed by atoms with Gasteiger partial charge in [-0.15, -0.1) is 0 Å². The van der Waals surface area contributed by atoms with Crippen LogP contribution in [0.4, 0.5) is 11.5 Å². The predicted molar refractivity (Wildman–Crippen MR) is 147 cm³/mol. The lowest BCUT2D eigenvalue weighted by Crippen LogP contribution is -2.14. The van der Waals surface area contributed by atoms with Gasteiger partial charge in [-0.2, -0.15) is 0 Å². The van der Waals surface area contributed by atoms with Crippen LogP contribution in [0.15, 0.2) is 79.0 Å². The van der Waals surface area contributed by atoms with Crippen LogP contribution in [-0.2, 0) is 28.0 Å². The zero-order valence-corrected chi connectivity index (χ0v) is 22.1. The van der Waals surface area contributed by atoms with Crippen LogP contribution in [0.25, 0.3) is 11.3 Å². The molecule has 1 heterocycles. The summed E-state index contributed by atoms with van der Waals surface area (Å²) in [5.41, 5.74) is 4.40. The van der Waals surface area contributed by atoms with Crippen molar-refractivity contribution in [3.63, 3.8) is 0 Å². The number of benzene rings is 3. The van der Waals surface area contributed by atoms with Gasteiger partial charge >= 0.3 is 0 Å². The molecule has 38 heavy (non-hydrogen) atoms. The molecule has 4 rings (SSSR count). The highest BCUT2D eigenvalue weighted by atomic mass is 32.2. The molecule has 2 N–H and O–H groups in total. The Hall–Kier alpha value is -4.28. The summed E-state index contributed by atoms with van der Waals surface area (Å²) < 4.78 is 36.9. The Bertz CT molecular complexity index is 1530. The maximum absolute atomic E-state index is 13.2. The number of sulfonamides is 1. The number of hydrogen-bond donors (Lipinski definition) is 2. The van der Waals surface area contributed by atoms with Crippen molar-refractivity contribution in [2.75, 3.05) is 23.4 Å². The number of amides is 1. The zero-order chi connectivity index (χ0) is 27.1. The van der Waals surface area contributed by atoms with E-state index in [1.165, 1.54) is 13.3 Å². The van der Waals surface area contributed by atoms with Gasteiger partial charge in [0.15, 0.2) is 5.82 Å². The fourth-order valence-electron chi connectivity index (χ4n) is 3.65. The first-order valence-electron chi connectivity index (χ1n) is 11.7.